The van der Waals surface area contributed by atoms with Gasteiger partial charge in [-0.3, -0.25) is 8.98 Å². The molecule has 13 heteroatoms. The van der Waals surface area contributed by atoms with E-state index in [9.17, 15) is 27.1 Å². The highest BCUT2D eigenvalue weighted by Gasteiger charge is 2.43. The summed E-state index contributed by atoms with van der Waals surface area (Å²) < 4.78 is 56.5. The van der Waals surface area contributed by atoms with Crippen molar-refractivity contribution in [2.45, 2.75) is 31.7 Å². The summed E-state index contributed by atoms with van der Waals surface area (Å²) in [6.45, 7) is -0.0871. The first-order valence-corrected chi connectivity index (χ1v) is 12.8. The second-order valence-electron chi connectivity index (χ2n) is 8.71. The monoisotopic (exact) mass is 540 g/mol. The minimum Gasteiger partial charge on any atom is -0.390 e. The second kappa shape index (κ2) is 10.7. The standard InChI is InChI=1S/C23H23ClF2N4O5S/c24-18-5-13(1-2-19(18)25)9-30-4-3-14(10-30)22(31)17-8-28-12-29-20(17)7-15-6-16(23(32)21(15)26)11-35-36(27,33)34/h1-5,8,10,12,15-16,21,23,32H,6-7,9,11H2,(H2,27,33,34)/t15-,16+,21+,23+/m0/s1. The molecule has 2 aromatic heterocycles. The Kier molecular flexibility index (Phi) is 7.81. The number of hydrogen-bond donors (Lipinski definition) is 2. The summed E-state index contributed by atoms with van der Waals surface area (Å²) in [5.41, 5.74) is 1.59. The number of aliphatic hydroxyl groups is 1. The molecule has 0 aliphatic heterocycles. The van der Waals surface area contributed by atoms with E-state index in [1.165, 1.54) is 24.7 Å². The maximum absolute atomic E-state index is 14.8. The summed E-state index contributed by atoms with van der Waals surface area (Å²) >= 11 is 5.83. The number of benzene rings is 1. The van der Waals surface area contributed by atoms with Crippen LogP contribution in [0.2, 0.25) is 5.02 Å². The van der Waals surface area contributed by atoms with Crippen molar-refractivity contribution in [1.82, 2.24) is 14.5 Å². The highest BCUT2D eigenvalue weighted by Crippen LogP contribution is 2.37. The van der Waals surface area contributed by atoms with Crippen LogP contribution in [0, 0.1) is 17.7 Å². The number of ketones is 1. The summed E-state index contributed by atoms with van der Waals surface area (Å²) in [6, 6.07) is 5.98. The van der Waals surface area contributed by atoms with Gasteiger partial charge in [0.15, 0.2) is 5.78 Å². The van der Waals surface area contributed by atoms with Gasteiger partial charge in [0.25, 0.3) is 0 Å². The largest absolute Gasteiger partial charge is 0.390 e. The summed E-state index contributed by atoms with van der Waals surface area (Å²) in [5, 5.41) is 15.0. The third-order valence-corrected chi connectivity index (χ3v) is 6.92. The molecule has 1 saturated carbocycles. The minimum absolute atomic E-state index is 0.00341. The predicted molar refractivity (Wildman–Crippen MR) is 126 cm³/mol. The normalized spacial score (nSPS) is 22.1. The molecule has 0 unspecified atom stereocenters. The quantitative estimate of drug-likeness (QED) is 0.398. The molecule has 3 N–H and O–H groups in total. The first kappa shape index (κ1) is 26.3. The van der Waals surface area contributed by atoms with Gasteiger partial charge in [-0.05, 0) is 42.5 Å². The topological polar surface area (TPSA) is 137 Å². The Hall–Kier alpha value is -2.77. The number of rotatable bonds is 9. The fraction of sp³-hybridized carbons (Fsp3) is 0.348. The molecular formula is C23H23ClF2N4O5S. The van der Waals surface area contributed by atoms with Crippen LogP contribution in [0.4, 0.5) is 8.78 Å². The van der Waals surface area contributed by atoms with Gasteiger partial charge in [-0.1, -0.05) is 17.7 Å². The highest BCUT2D eigenvalue weighted by molar-refractivity contribution is 7.84. The Morgan fingerprint density at radius 3 is 2.81 bits per heavy atom. The Bertz CT molecular complexity index is 1370. The maximum Gasteiger partial charge on any atom is 0.333 e. The Morgan fingerprint density at radius 2 is 2.08 bits per heavy atom. The SMILES string of the molecule is NS(=O)(=O)OC[C@H]1C[C@@H](Cc2ncncc2C(=O)c2ccn(Cc3ccc(F)c(Cl)c3)c2)[C@@H](F)[C@@H]1O. The molecule has 0 spiro atoms. The summed E-state index contributed by atoms with van der Waals surface area (Å²) in [6.07, 6.45) is 2.95. The van der Waals surface area contributed by atoms with Gasteiger partial charge >= 0.3 is 10.3 Å². The zero-order valence-electron chi connectivity index (χ0n) is 18.8. The first-order chi connectivity index (χ1) is 17.0. The van der Waals surface area contributed by atoms with Gasteiger partial charge in [0.05, 0.1) is 29.0 Å². The van der Waals surface area contributed by atoms with Crippen molar-refractivity contribution < 1.29 is 31.3 Å². The number of nitrogens with two attached hydrogens (primary N) is 1. The molecule has 2 heterocycles. The van der Waals surface area contributed by atoms with Crippen LogP contribution in [0.25, 0.3) is 0 Å². The lowest BCUT2D eigenvalue weighted by Gasteiger charge is -2.15. The van der Waals surface area contributed by atoms with Crippen molar-refractivity contribution in [2.75, 3.05) is 6.61 Å². The third-order valence-electron chi connectivity index (χ3n) is 6.17. The zero-order valence-corrected chi connectivity index (χ0v) is 20.4. The van der Waals surface area contributed by atoms with E-state index in [4.69, 9.17) is 16.7 Å². The number of carbonyl (C=O) groups is 1. The predicted octanol–water partition coefficient (Wildman–Crippen LogP) is 2.45. The number of nitrogens with zero attached hydrogens (tertiary/aromatic N) is 3. The summed E-state index contributed by atoms with van der Waals surface area (Å²) in [7, 11) is -4.22. The lowest BCUT2D eigenvalue weighted by atomic mass is 9.95. The van der Waals surface area contributed by atoms with Crippen molar-refractivity contribution in [3.63, 3.8) is 0 Å². The Balaban J connectivity index is 1.47. The lowest BCUT2D eigenvalue weighted by Crippen LogP contribution is -2.29. The number of carbonyl (C=O) groups excluding carboxylic acids is 1. The second-order valence-corrected chi connectivity index (χ2v) is 10.3. The van der Waals surface area contributed by atoms with E-state index >= 15 is 0 Å². The van der Waals surface area contributed by atoms with Gasteiger partial charge in [0.1, 0.15) is 18.3 Å². The van der Waals surface area contributed by atoms with Gasteiger partial charge in [-0.25, -0.2) is 23.9 Å². The van der Waals surface area contributed by atoms with Crippen LogP contribution >= 0.6 is 11.6 Å². The van der Waals surface area contributed by atoms with Gasteiger partial charge < -0.3 is 9.67 Å². The molecule has 4 rings (SSSR count). The van der Waals surface area contributed by atoms with Crippen molar-refractivity contribution in [2.24, 2.45) is 17.0 Å². The van der Waals surface area contributed by atoms with Crippen LogP contribution < -0.4 is 5.14 Å². The van der Waals surface area contributed by atoms with E-state index in [2.05, 4.69) is 14.2 Å². The smallest absolute Gasteiger partial charge is 0.333 e. The molecule has 0 bridgehead atoms. The number of hydrogen-bond acceptors (Lipinski definition) is 7. The molecule has 1 fully saturated rings. The van der Waals surface area contributed by atoms with Crippen LogP contribution in [0.1, 0.15) is 33.6 Å². The van der Waals surface area contributed by atoms with Crippen molar-refractivity contribution in [3.8, 4) is 0 Å². The average molecular weight is 541 g/mol. The minimum atomic E-state index is -4.22. The van der Waals surface area contributed by atoms with E-state index in [-0.39, 0.29) is 29.2 Å². The molecule has 9 nitrogen and oxygen atoms in total. The van der Waals surface area contributed by atoms with Gasteiger partial charge in [-0.2, -0.15) is 8.42 Å². The van der Waals surface area contributed by atoms with Crippen LogP contribution in [-0.2, 0) is 27.5 Å². The lowest BCUT2D eigenvalue weighted by molar-refractivity contribution is 0.0438. The van der Waals surface area contributed by atoms with Gasteiger partial charge in [0, 0.05) is 36.6 Å². The van der Waals surface area contributed by atoms with Crippen molar-refractivity contribution in [3.05, 3.63) is 82.4 Å². The van der Waals surface area contributed by atoms with E-state index < -0.39 is 46.8 Å². The van der Waals surface area contributed by atoms with Gasteiger partial charge in [0.2, 0.25) is 0 Å². The fourth-order valence-electron chi connectivity index (χ4n) is 4.38. The molecule has 1 aliphatic rings. The first-order valence-electron chi connectivity index (χ1n) is 10.9. The Morgan fingerprint density at radius 1 is 1.31 bits per heavy atom. The number of alkyl halides is 1. The van der Waals surface area contributed by atoms with Crippen LogP contribution in [0.3, 0.4) is 0 Å². The highest BCUT2D eigenvalue weighted by atomic mass is 35.5. The van der Waals surface area contributed by atoms with E-state index in [0.717, 1.165) is 5.56 Å². The number of halogens is 3. The molecule has 0 amide bonds. The number of aromatic nitrogens is 3. The summed E-state index contributed by atoms with van der Waals surface area (Å²) in [4.78, 5) is 21.3. The third kappa shape index (κ3) is 6.13. The van der Waals surface area contributed by atoms with Crippen LogP contribution in [-0.4, -0.2) is 52.7 Å². The van der Waals surface area contributed by atoms with E-state index in [1.807, 2.05) is 0 Å². The van der Waals surface area contributed by atoms with E-state index in [0.29, 0.717) is 17.8 Å². The maximum atomic E-state index is 14.8. The molecule has 1 aromatic carbocycles. The molecule has 4 atom stereocenters. The molecule has 3 aromatic rings. The zero-order chi connectivity index (χ0) is 26.0. The average Bonchev–Trinajstić information content (AvgIpc) is 3.40. The van der Waals surface area contributed by atoms with Crippen molar-refractivity contribution >= 4 is 27.7 Å². The molecule has 36 heavy (non-hydrogen) atoms. The van der Waals surface area contributed by atoms with E-state index in [1.54, 1.807) is 29.1 Å². The molecule has 192 valence electrons. The number of aliphatic hydroxyl groups excluding tert-OH is 1. The Labute approximate surface area is 211 Å². The van der Waals surface area contributed by atoms with Crippen LogP contribution in [0.5, 0.6) is 0 Å². The molecular weight excluding hydrogens is 518 g/mol. The summed E-state index contributed by atoms with van der Waals surface area (Å²) in [5.74, 6) is -2.39. The molecule has 0 radical (unpaired) electrons. The fourth-order valence-corrected chi connectivity index (χ4v) is 4.94. The van der Waals surface area contributed by atoms with Crippen LogP contribution in [0.15, 0.2) is 49.2 Å². The molecule has 0 saturated heterocycles. The van der Waals surface area contributed by atoms with Crippen molar-refractivity contribution in [1.29, 1.82) is 0 Å². The molecule has 1 aliphatic carbocycles. The van der Waals surface area contributed by atoms with Gasteiger partial charge in [-0.15, -0.1) is 0 Å².